The first-order valence-corrected chi connectivity index (χ1v) is 10.8. The van der Waals surface area contributed by atoms with Crippen LogP contribution in [0.4, 0.5) is 5.69 Å². The van der Waals surface area contributed by atoms with Crippen LogP contribution in [0, 0.1) is 19.8 Å². The lowest BCUT2D eigenvalue weighted by atomic mass is 9.97. The van der Waals surface area contributed by atoms with Gasteiger partial charge in [0.15, 0.2) is 0 Å². The average molecular weight is 416 g/mol. The molecule has 8 heteroatoms. The van der Waals surface area contributed by atoms with Crippen molar-refractivity contribution in [1.82, 2.24) is 4.31 Å². The average Bonchev–Trinajstić information content (AvgIpc) is 2.68. The van der Waals surface area contributed by atoms with Crippen molar-refractivity contribution in [2.45, 2.75) is 31.6 Å². The topological polar surface area (TPSA) is 104 Å². The van der Waals surface area contributed by atoms with Crippen LogP contribution in [0.3, 0.4) is 0 Å². The molecule has 1 aliphatic heterocycles. The SMILES string of the molecule is Cc1ccc(S(=O)(=O)N2CCC(C(=O)Nc3ccc(C(=O)O)cc3)CC2)c(C)c1. The molecule has 1 heterocycles. The number of hydrogen-bond acceptors (Lipinski definition) is 4. The highest BCUT2D eigenvalue weighted by Crippen LogP contribution is 2.27. The summed E-state index contributed by atoms with van der Waals surface area (Å²) in [5.74, 6) is -1.50. The molecule has 0 bridgehead atoms. The van der Waals surface area contributed by atoms with Crippen molar-refractivity contribution in [2.75, 3.05) is 18.4 Å². The first-order valence-electron chi connectivity index (χ1n) is 9.40. The van der Waals surface area contributed by atoms with Crippen LogP contribution in [0.25, 0.3) is 0 Å². The molecule has 2 aromatic rings. The van der Waals surface area contributed by atoms with Gasteiger partial charge in [0.05, 0.1) is 10.5 Å². The first-order chi connectivity index (χ1) is 13.7. The van der Waals surface area contributed by atoms with Gasteiger partial charge >= 0.3 is 5.97 Å². The van der Waals surface area contributed by atoms with Gasteiger partial charge in [-0.2, -0.15) is 4.31 Å². The fourth-order valence-corrected chi connectivity index (χ4v) is 5.20. The molecule has 0 saturated carbocycles. The van der Waals surface area contributed by atoms with Crippen molar-refractivity contribution >= 4 is 27.6 Å². The number of carbonyl (C=O) groups is 2. The Morgan fingerprint density at radius 2 is 1.66 bits per heavy atom. The van der Waals surface area contributed by atoms with Crippen LogP contribution in [0.2, 0.25) is 0 Å². The maximum absolute atomic E-state index is 13.0. The van der Waals surface area contributed by atoms with E-state index in [9.17, 15) is 18.0 Å². The number of rotatable bonds is 5. The molecule has 0 spiro atoms. The second-order valence-corrected chi connectivity index (χ2v) is 9.23. The molecule has 2 N–H and O–H groups in total. The van der Waals surface area contributed by atoms with E-state index in [1.807, 2.05) is 13.0 Å². The third-order valence-electron chi connectivity index (χ3n) is 5.17. The van der Waals surface area contributed by atoms with Gasteiger partial charge in [-0.25, -0.2) is 13.2 Å². The molecule has 1 fully saturated rings. The van der Waals surface area contributed by atoms with E-state index in [0.717, 1.165) is 11.1 Å². The number of nitrogens with one attached hydrogen (secondary N) is 1. The molecular formula is C21H24N2O5S. The number of carbonyl (C=O) groups excluding carboxylic acids is 1. The van der Waals surface area contributed by atoms with Crippen LogP contribution in [-0.4, -0.2) is 42.8 Å². The molecule has 1 saturated heterocycles. The molecule has 0 aromatic heterocycles. The number of carboxylic acids is 1. The Bertz CT molecular complexity index is 1020. The monoisotopic (exact) mass is 416 g/mol. The minimum atomic E-state index is -3.58. The second-order valence-electron chi connectivity index (χ2n) is 7.32. The summed E-state index contributed by atoms with van der Waals surface area (Å²) in [6, 6.07) is 11.2. The molecule has 1 amide bonds. The Morgan fingerprint density at radius 1 is 1.03 bits per heavy atom. The third-order valence-corrected chi connectivity index (χ3v) is 7.23. The van der Waals surface area contributed by atoms with Gasteiger partial charge in [-0.05, 0) is 62.6 Å². The summed E-state index contributed by atoms with van der Waals surface area (Å²) in [7, 11) is -3.58. The predicted octanol–water partition coefficient (Wildman–Crippen LogP) is 3.04. The zero-order valence-electron chi connectivity index (χ0n) is 16.4. The van der Waals surface area contributed by atoms with Crippen molar-refractivity contribution in [3.8, 4) is 0 Å². The lowest BCUT2D eigenvalue weighted by Gasteiger charge is -2.31. The molecule has 0 unspecified atom stereocenters. The largest absolute Gasteiger partial charge is 0.478 e. The molecule has 3 rings (SSSR count). The fraction of sp³-hybridized carbons (Fsp3) is 0.333. The van der Waals surface area contributed by atoms with Crippen LogP contribution < -0.4 is 5.32 Å². The van der Waals surface area contributed by atoms with E-state index in [0.29, 0.717) is 23.4 Å². The molecule has 29 heavy (non-hydrogen) atoms. The zero-order chi connectivity index (χ0) is 21.2. The molecule has 0 atom stereocenters. The van der Waals surface area contributed by atoms with E-state index in [4.69, 9.17) is 5.11 Å². The number of carboxylic acid groups (broad SMARTS) is 1. The van der Waals surface area contributed by atoms with E-state index in [1.165, 1.54) is 16.4 Å². The van der Waals surface area contributed by atoms with E-state index in [-0.39, 0.29) is 30.5 Å². The van der Waals surface area contributed by atoms with Crippen LogP contribution in [-0.2, 0) is 14.8 Å². The van der Waals surface area contributed by atoms with Gasteiger partial charge in [0.1, 0.15) is 0 Å². The zero-order valence-corrected chi connectivity index (χ0v) is 17.2. The lowest BCUT2D eigenvalue weighted by Crippen LogP contribution is -2.41. The standard InChI is InChI=1S/C21H24N2O5S/c1-14-3-8-19(15(2)13-14)29(27,28)23-11-9-16(10-12-23)20(24)22-18-6-4-17(5-7-18)21(25)26/h3-8,13,16H,9-12H2,1-2H3,(H,22,24)(H,25,26). The summed E-state index contributed by atoms with van der Waals surface area (Å²) in [5, 5.41) is 11.7. The minimum absolute atomic E-state index is 0.146. The highest BCUT2D eigenvalue weighted by atomic mass is 32.2. The van der Waals surface area contributed by atoms with Gasteiger partial charge in [-0.15, -0.1) is 0 Å². The number of benzene rings is 2. The molecule has 154 valence electrons. The Kier molecular flexibility index (Phi) is 6.04. The lowest BCUT2D eigenvalue weighted by molar-refractivity contribution is -0.120. The second kappa shape index (κ2) is 8.34. The highest BCUT2D eigenvalue weighted by molar-refractivity contribution is 7.89. The maximum Gasteiger partial charge on any atom is 0.335 e. The number of piperidine rings is 1. The molecule has 7 nitrogen and oxygen atoms in total. The van der Waals surface area contributed by atoms with E-state index in [1.54, 1.807) is 31.2 Å². The van der Waals surface area contributed by atoms with Gasteiger partial charge in [0, 0.05) is 24.7 Å². The van der Waals surface area contributed by atoms with Crippen LogP contribution in [0.5, 0.6) is 0 Å². The first kappa shape index (κ1) is 21.0. The summed E-state index contributed by atoms with van der Waals surface area (Å²) < 4.78 is 27.3. The Hall–Kier alpha value is -2.71. The van der Waals surface area contributed by atoms with Crippen LogP contribution >= 0.6 is 0 Å². The van der Waals surface area contributed by atoms with Crippen molar-refractivity contribution in [3.05, 3.63) is 59.2 Å². The van der Waals surface area contributed by atoms with E-state index >= 15 is 0 Å². The molecule has 0 radical (unpaired) electrons. The summed E-state index contributed by atoms with van der Waals surface area (Å²) >= 11 is 0. The molecular weight excluding hydrogens is 392 g/mol. The molecule has 2 aromatic carbocycles. The number of aromatic carboxylic acids is 1. The van der Waals surface area contributed by atoms with E-state index < -0.39 is 16.0 Å². The normalized spacial score (nSPS) is 15.8. The minimum Gasteiger partial charge on any atom is -0.478 e. The van der Waals surface area contributed by atoms with Crippen molar-refractivity contribution in [1.29, 1.82) is 0 Å². The van der Waals surface area contributed by atoms with Crippen molar-refractivity contribution in [2.24, 2.45) is 5.92 Å². The quantitative estimate of drug-likeness (QED) is 0.780. The van der Waals surface area contributed by atoms with Gasteiger partial charge in [-0.3, -0.25) is 4.79 Å². The third kappa shape index (κ3) is 4.65. The molecule has 0 aliphatic carbocycles. The summed E-state index contributed by atoms with van der Waals surface area (Å²) in [6.07, 6.45) is 0.867. The maximum atomic E-state index is 13.0. The van der Waals surface area contributed by atoms with Gasteiger partial charge in [-0.1, -0.05) is 17.7 Å². The van der Waals surface area contributed by atoms with E-state index in [2.05, 4.69) is 5.32 Å². The van der Waals surface area contributed by atoms with Crippen LogP contribution in [0.1, 0.15) is 34.3 Å². The Balaban J connectivity index is 1.62. The fourth-order valence-electron chi connectivity index (χ4n) is 3.53. The van der Waals surface area contributed by atoms with Gasteiger partial charge in [0.2, 0.25) is 15.9 Å². The van der Waals surface area contributed by atoms with Crippen molar-refractivity contribution < 1.29 is 23.1 Å². The number of anilines is 1. The van der Waals surface area contributed by atoms with Gasteiger partial charge in [0.25, 0.3) is 0 Å². The number of aryl methyl sites for hydroxylation is 2. The predicted molar refractivity (Wildman–Crippen MR) is 109 cm³/mol. The van der Waals surface area contributed by atoms with Crippen molar-refractivity contribution in [3.63, 3.8) is 0 Å². The summed E-state index contributed by atoms with van der Waals surface area (Å²) in [5.41, 5.74) is 2.39. The van der Waals surface area contributed by atoms with Gasteiger partial charge < -0.3 is 10.4 Å². The number of sulfonamides is 1. The molecule has 1 aliphatic rings. The number of hydrogen-bond donors (Lipinski definition) is 2. The smallest absolute Gasteiger partial charge is 0.335 e. The highest BCUT2D eigenvalue weighted by Gasteiger charge is 2.32. The summed E-state index contributed by atoms with van der Waals surface area (Å²) in [4.78, 5) is 23.7. The number of amides is 1. The summed E-state index contributed by atoms with van der Waals surface area (Å²) in [6.45, 7) is 4.27. The van der Waals surface area contributed by atoms with Crippen LogP contribution in [0.15, 0.2) is 47.4 Å². The Morgan fingerprint density at radius 3 is 2.21 bits per heavy atom. The Labute approximate surface area is 170 Å². The number of nitrogens with zero attached hydrogens (tertiary/aromatic N) is 1.